The van der Waals surface area contributed by atoms with Crippen molar-refractivity contribution in [3.8, 4) is 0 Å². The average molecular weight is 610 g/mol. The van der Waals surface area contributed by atoms with Gasteiger partial charge >= 0.3 is 11.9 Å². The molecule has 5 rings (SSSR count). The van der Waals surface area contributed by atoms with Crippen LogP contribution in [0.1, 0.15) is 89.7 Å². The number of carboxylic acid groups (broad SMARTS) is 1. The van der Waals surface area contributed by atoms with Crippen molar-refractivity contribution in [1.29, 1.82) is 0 Å². The lowest BCUT2D eigenvalue weighted by Crippen LogP contribution is -2.58. The third-order valence-corrected chi connectivity index (χ3v) is 11.5. The average Bonchev–Trinajstić information content (AvgIpc) is 3.29. The first-order valence-corrected chi connectivity index (χ1v) is 15.7. The molecule has 0 heterocycles. The number of esters is 1. The third-order valence-electron chi connectivity index (χ3n) is 11.5. The number of ketones is 2. The molecule has 0 spiro atoms. The molecule has 3 saturated carbocycles. The Hall–Kier alpha value is -3.37. The van der Waals surface area contributed by atoms with Gasteiger partial charge in [0.25, 0.3) is 0 Å². The van der Waals surface area contributed by atoms with Gasteiger partial charge in [0.05, 0.1) is 6.42 Å². The molecule has 0 radical (unpaired) electrons. The molecule has 10 heteroatoms. The summed E-state index contributed by atoms with van der Waals surface area (Å²) < 4.78 is 5.20. The molecule has 0 bridgehead atoms. The summed E-state index contributed by atoms with van der Waals surface area (Å²) in [4.78, 5) is 62.1. The maximum Gasteiger partial charge on any atom is 0.329 e. The Morgan fingerprint density at radius 2 is 1.68 bits per heavy atom. The third kappa shape index (κ3) is 5.62. The number of benzene rings is 1. The van der Waals surface area contributed by atoms with Crippen LogP contribution in [0.5, 0.6) is 0 Å². The lowest BCUT2D eigenvalue weighted by Gasteiger charge is -2.58. The molecule has 44 heavy (non-hydrogen) atoms. The van der Waals surface area contributed by atoms with Crippen molar-refractivity contribution in [2.24, 2.45) is 28.6 Å². The van der Waals surface area contributed by atoms with E-state index in [0.29, 0.717) is 43.1 Å². The number of nitrogens with one attached hydrogen (secondary N) is 1. The van der Waals surface area contributed by atoms with Crippen molar-refractivity contribution in [3.63, 3.8) is 0 Å². The highest BCUT2D eigenvalue weighted by Gasteiger charge is 2.66. The van der Waals surface area contributed by atoms with Gasteiger partial charge in [0, 0.05) is 18.3 Å². The number of aliphatic carboxylic acids is 1. The van der Waals surface area contributed by atoms with Gasteiger partial charge in [0.15, 0.2) is 18.4 Å². The molecular weight excluding hydrogens is 566 g/mol. The molecule has 0 unspecified atom stereocenters. The number of rotatable bonds is 10. The Kier molecular flexibility index (Phi) is 8.88. The van der Waals surface area contributed by atoms with Crippen LogP contribution < -0.4 is 5.32 Å². The van der Waals surface area contributed by atoms with Crippen molar-refractivity contribution in [2.75, 3.05) is 6.61 Å². The van der Waals surface area contributed by atoms with Crippen LogP contribution in [0.4, 0.5) is 0 Å². The van der Waals surface area contributed by atoms with E-state index in [1.165, 1.54) is 17.7 Å². The van der Waals surface area contributed by atoms with Crippen molar-refractivity contribution in [3.05, 3.63) is 47.5 Å². The first kappa shape index (κ1) is 32.0. The molecule has 4 N–H and O–H groups in total. The summed E-state index contributed by atoms with van der Waals surface area (Å²) in [6.45, 7) is 3.67. The monoisotopic (exact) mass is 609 g/mol. The number of amides is 1. The number of aliphatic hydroxyl groups excluding tert-OH is 1. The second-order valence-corrected chi connectivity index (χ2v) is 13.6. The molecule has 1 amide bonds. The van der Waals surface area contributed by atoms with Crippen LogP contribution in [-0.2, 0) is 28.7 Å². The summed E-state index contributed by atoms with van der Waals surface area (Å²) in [6, 6.07) is 6.44. The molecule has 0 aromatic heterocycles. The zero-order chi connectivity index (χ0) is 31.9. The number of allylic oxidation sites excluding steroid dienone is 1. The topological polar surface area (TPSA) is 167 Å². The second kappa shape index (κ2) is 12.2. The zero-order valence-electron chi connectivity index (χ0n) is 25.4. The van der Waals surface area contributed by atoms with Crippen LogP contribution in [0.2, 0.25) is 0 Å². The number of hydrogen-bond acceptors (Lipinski definition) is 8. The highest BCUT2D eigenvalue weighted by molar-refractivity contribution is 5.92. The fourth-order valence-electron chi connectivity index (χ4n) is 8.95. The van der Waals surface area contributed by atoms with E-state index in [1.54, 1.807) is 18.2 Å². The van der Waals surface area contributed by atoms with Crippen LogP contribution >= 0.6 is 0 Å². The summed E-state index contributed by atoms with van der Waals surface area (Å²) in [5, 5.41) is 34.0. The van der Waals surface area contributed by atoms with Gasteiger partial charge in [0.1, 0.15) is 11.7 Å². The van der Waals surface area contributed by atoms with E-state index >= 15 is 0 Å². The SMILES string of the molecule is C[C@]12CCC(=O)C=C1CC[C@H]1[C@H]2CC[C@@]2(C)[C@H]1CC[C@]2(O)C(=O)COC(=O)CCC(=O)N[C@@H](C(=O)O)[C@@H](O)c1ccccc1. The zero-order valence-corrected chi connectivity index (χ0v) is 25.4. The van der Waals surface area contributed by atoms with Crippen LogP contribution in [0, 0.1) is 28.6 Å². The Morgan fingerprint density at radius 3 is 2.39 bits per heavy atom. The van der Waals surface area contributed by atoms with Gasteiger partial charge < -0.3 is 25.4 Å². The number of ether oxygens (including phenoxy) is 1. The minimum absolute atomic E-state index is 0.0190. The summed E-state index contributed by atoms with van der Waals surface area (Å²) in [5.74, 6) is -2.44. The summed E-state index contributed by atoms with van der Waals surface area (Å²) in [5.41, 5.74) is -0.714. The number of aliphatic hydroxyl groups is 2. The molecule has 1 aromatic carbocycles. The summed E-state index contributed by atoms with van der Waals surface area (Å²) in [6.07, 6.45) is 5.34. The van der Waals surface area contributed by atoms with Crippen LogP contribution in [-0.4, -0.2) is 63.0 Å². The van der Waals surface area contributed by atoms with E-state index in [-0.39, 0.29) is 17.1 Å². The number of carbonyl (C=O) groups is 5. The largest absolute Gasteiger partial charge is 0.480 e. The van der Waals surface area contributed by atoms with Gasteiger partial charge in [-0.2, -0.15) is 0 Å². The molecule has 8 atom stereocenters. The summed E-state index contributed by atoms with van der Waals surface area (Å²) >= 11 is 0. The van der Waals surface area contributed by atoms with E-state index in [1.807, 2.05) is 13.0 Å². The van der Waals surface area contributed by atoms with E-state index in [4.69, 9.17) is 4.74 Å². The molecule has 0 aliphatic heterocycles. The van der Waals surface area contributed by atoms with Crippen molar-refractivity contribution in [2.45, 2.75) is 95.8 Å². The minimum atomic E-state index is -1.62. The van der Waals surface area contributed by atoms with Crippen LogP contribution in [0.15, 0.2) is 42.0 Å². The standard InChI is InChI=1S/C34H43NO9/c1-32-15-12-22(36)18-21(32)8-9-23-24(32)13-16-33(2)25(23)14-17-34(33,43)26(37)19-44-28(39)11-10-27(38)35-29(31(41)42)30(40)20-6-4-3-5-7-20/h3-7,18,23-25,29-30,40,43H,8-17,19H2,1-2H3,(H,35,38)(H,41,42)/t23-,24+,25-,29+,30-,32-,33-,34-/m0/s1. The lowest BCUT2D eigenvalue weighted by molar-refractivity contribution is -0.170. The van der Waals surface area contributed by atoms with Crippen molar-refractivity contribution < 1.29 is 44.0 Å². The fourth-order valence-corrected chi connectivity index (χ4v) is 8.95. The van der Waals surface area contributed by atoms with Crippen molar-refractivity contribution >= 4 is 29.4 Å². The second-order valence-electron chi connectivity index (χ2n) is 13.6. The van der Waals surface area contributed by atoms with E-state index in [2.05, 4.69) is 12.2 Å². The normalized spacial score (nSPS) is 34.0. The van der Waals surface area contributed by atoms with E-state index in [0.717, 1.165) is 25.7 Å². The number of Topliss-reactive ketones (excluding diaryl/α,β-unsaturated/α-hetero) is 1. The smallest absolute Gasteiger partial charge is 0.329 e. The molecule has 4 aliphatic rings. The van der Waals surface area contributed by atoms with Crippen LogP contribution in [0.3, 0.4) is 0 Å². The van der Waals surface area contributed by atoms with Crippen molar-refractivity contribution in [1.82, 2.24) is 5.32 Å². The Balaban J connectivity index is 1.14. The Bertz CT molecular complexity index is 1360. The van der Waals surface area contributed by atoms with E-state index in [9.17, 15) is 39.3 Å². The Morgan fingerprint density at radius 1 is 0.977 bits per heavy atom. The number of hydrogen-bond donors (Lipinski definition) is 4. The molecular formula is C34H43NO9. The van der Waals surface area contributed by atoms with Gasteiger partial charge in [-0.15, -0.1) is 0 Å². The van der Waals surface area contributed by atoms with Crippen LogP contribution in [0.25, 0.3) is 0 Å². The maximum atomic E-state index is 13.4. The van der Waals surface area contributed by atoms with Gasteiger partial charge in [-0.3, -0.25) is 19.2 Å². The maximum absolute atomic E-state index is 13.4. The first-order chi connectivity index (χ1) is 20.8. The first-order valence-electron chi connectivity index (χ1n) is 15.7. The highest BCUT2D eigenvalue weighted by Crippen LogP contribution is 2.67. The molecule has 3 fully saturated rings. The molecule has 4 aliphatic carbocycles. The predicted molar refractivity (Wildman–Crippen MR) is 158 cm³/mol. The molecule has 10 nitrogen and oxygen atoms in total. The minimum Gasteiger partial charge on any atom is -0.480 e. The molecule has 1 aromatic rings. The summed E-state index contributed by atoms with van der Waals surface area (Å²) in [7, 11) is 0. The van der Waals surface area contributed by atoms with E-state index < -0.39 is 66.2 Å². The quantitative estimate of drug-likeness (QED) is 0.291. The highest BCUT2D eigenvalue weighted by atomic mass is 16.5. The fraction of sp³-hybridized carbons (Fsp3) is 0.618. The number of carbonyl (C=O) groups excluding carboxylic acids is 4. The molecule has 238 valence electrons. The molecule has 0 saturated heterocycles. The number of carboxylic acids is 1. The van der Waals surface area contributed by atoms with Gasteiger partial charge in [0.2, 0.25) is 11.7 Å². The Labute approximate surface area is 257 Å². The lowest BCUT2D eigenvalue weighted by atomic mass is 9.46. The predicted octanol–water partition coefficient (Wildman–Crippen LogP) is 3.44. The van der Waals surface area contributed by atoms with Gasteiger partial charge in [-0.25, -0.2) is 4.79 Å². The number of fused-ring (bicyclic) bond motifs is 5. The van der Waals surface area contributed by atoms with Gasteiger partial charge in [-0.05, 0) is 79.8 Å². The van der Waals surface area contributed by atoms with Gasteiger partial charge in [-0.1, -0.05) is 49.8 Å².